The second-order valence-electron chi connectivity index (χ2n) is 8.80. The average molecular weight is 480 g/mol. The van der Waals surface area contributed by atoms with Crippen LogP contribution in [0.25, 0.3) is 21.9 Å². The first kappa shape index (κ1) is 21.8. The molecule has 1 aliphatic rings. The lowest BCUT2D eigenvalue weighted by molar-refractivity contribution is 0.626. The molecule has 1 aliphatic heterocycles. The maximum absolute atomic E-state index is 8.86. The van der Waals surface area contributed by atoms with Crippen LogP contribution in [0.4, 0.5) is 23.5 Å². The topological polar surface area (TPSA) is 156 Å². The molecule has 0 unspecified atom stereocenters. The SMILES string of the molecule is N=C(c1ccc2oc(N)nc2c1)c1c(N)ncnc1NCc1cc2ccccc2c(N2CCCC2)n1. The Labute approximate surface area is 206 Å². The summed E-state index contributed by atoms with van der Waals surface area (Å²) in [5.74, 6) is 1.68. The predicted octanol–water partition coefficient (Wildman–Crippen LogP) is 3.96. The van der Waals surface area contributed by atoms with E-state index in [4.69, 9.17) is 26.3 Å². The van der Waals surface area contributed by atoms with Gasteiger partial charge >= 0.3 is 0 Å². The lowest BCUT2D eigenvalue weighted by atomic mass is 10.0. The van der Waals surface area contributed by atoms with Gasteiger partial charge < -0.3 is 26.1 Å². The fourth-order valence-corrected chi connectivity index (χ4v) is 4.69. The maximum atomic E-state index is 8.86. The molecule has 0 bridgehead atoms. The fourth-order valence-electron chi connectivity index (χ4n) is 4.69. The number of nitrogen functional groups attached to an aromatic ring is 2. The van der Waals surface area contributed by atoms with Crippen molar-refractivity contribution in [1.82, 2.24) is 19.9 Å². The molecule has 0 aliphatic carbocycles. The lowest BCUT2D eigenvalue weighted by Crippen LogP contribution is -2.20. The van der Waals surface area contributed by atoms with Crippen molar-refractivity contribution in [1.29, 1.82) is 5.41 Å². The third kappa shape index (κ3) is 3.92. The Balaban J connectivity index is 1.32. The summed E-state index contributed by atoms with van der Waals surface area (Å²) in [7, 11) is 0. The van der Waals surface area contributed by atoms with Crippen LogP contribution in [0.15, 0.2) is 59.3 Å². The molecular formula is C26H25N9O. The van der Waals surface area contributed by atoms with Crippen LogP contribution in [0, 0.1) is 5.41 Å². The van der Waals surface area contributed by atoms with Gasteiger partial charge in [-0.25, -0.2) is 15.0 Å². The third-order valence-corrected chi connectivity index (χ3v) is 6.44. The van der Waals surface area contributed by atoms with Crippen LogP contribution in [0.3, 0.4) is 0 Å². The molecule has 4 heterocycles. The highest BCUT2D eigenvalue weighted by molar-refractivity contribution is 6.17. The lowest BCUT2D eigenvalue weighted by Gasteiger charge is -2.20. The van der Waals surface area contributed by atoms with Gasteiger partial charge in [0.25, 0.3) is 6.01 Å². The molecule has 6 N–H and O–H groups in total. The number of fused-ring (bicyclic) bond motifs is 2. The minimum absolute atomic E-state index is 0.0785. The summed E-state index contributed by atoms with van der Waals surface area (Å²) in [5, 5.41) is 14.5. The van der Waals surface area contributed by atoms with Crippen molar-refractivity contribution in [3.63, 3.8) is 0 Å². The Hall–Kier alpha value is -4.73. The number of oxazole rings is 1. The molecule has 0 atom stereocenters. The van der Waals surface area contributed by atoms with Crippen molar-refractivity contribution in [2.45, 2.75) is 19.4 Å². The van der Waals surface area contributed by atoms with Gasteiger partial charge in [0.1, 0.15) is 29.3 Å². The number of benzene rings is 2. The normalized spacial score (nSPS) is 13.5. The molecule has 0 amide bonds. The van der Waals surface area contributed by atoms with Crippen LogP contribution in [0.1, 0.15) is 29.7 Å². The first-order valence-corrected chi connectivity index (χ1v) is 11.8. The second-order valence-corrected chi connectivity index (χ2v) is 8.80. The third-order valence-electron chi connectivity index (χ3n) is 6.44. The molecular weight excluding hydrogens is 454 g/mol. The molecule has 10 nitrogen and oxygen atoms in total. The molecule has 1 saturated heterocycles. The highest BCUT2D eigenvalue weighted by atomic mass is 16.4. The van der Waals surface area contributed by atoms with E-state index in [0.717, 1.165) is 35.4 Å². The van der Waals surface area contributed by atoms with Gasteiger partial charge in [0.05, 0.1) is 23.5 Å². The molecule has 1 fully saturated rings. The highest BCUT2D eigenvalue weighted by Gasteiger charge is 2.20. The smallest absolute Gasteiger partial charge is 0.292 e. The number of nitrogens with one attached hydrogen (secondary N) is 2. The molecule has 0 spiro atoms. The number of nitrogens with two attached hydrogens (primary N) is 2. The van der Waals surface area contributed by atoms with Crippen LogP contribution in [-0.2, 0) is 6.54 Å². The molecule has 36 heavy (non-hydrogen) atoms. The molecule has 180 valence electrons. The molecule has 2 aromatic carbocycles. The van der Waals surface area contributed by atoms with Crippen molar-refractivity contribution >= 4 is 51.1 Å². The molecule has 10 heteroatoms. The number of nitrogens with zero attached hydrogens (tertiary/aromatic N) is 5. The Morgan fingerprint density at radius 1 is 1.03 bits per heavy atom. The summed E-state index contributed by atoms with van der Waals surface area (Å²) in [4.78, 5) is 20.0. The maximum Gasteiger partial charge on any atom is 0.292 e. The van der Waals surface area contributed by atoms with Crippen LogP contribution in [0.5, 0.6) is 0 Å². The standard InChI is InChI=1S/C26H25N9O/c27-22(16-7-8-20-19(12-16)34-26(29)36-20)21-23(28)31-14-32-24(21)30-13-17-11-15-5-1-2-6-18(15)25(33-17)35-9-3-4-10-35/h1-2,5-8,11-12,14,27H,3-4,9-10,13H2,(H2,29,34)(H3,28,30,31,32). The number of hydrogen-bond donors (Lipinski definition) is 4. The van der Waals surface area contributed by atoms with E-state index in [1.807, 2.05) is 12.1 Å². The molecule has 0 saturated carbocycles. The summed E-state index contributed by atoms with van der Waals surface area (Å²) < 4.78 is 5.34. The number of hydrogen-bond acceptors (Lipinski definition) is 10. The van der Waals surface area contributed by atoms with Crippen molar-refractivity contribution in [3.05, 3.63) is 71.7 Å². The van der Waals surface area contributed by atoms with Crippen molar-refractivity contribution in [2.24, 2.45) is 0 Å². The van der Waals surface area contributed by atoms with E-state index in [1.54, 1.807) is 18.2 Å². The van der Waals surface area contributed by atoms with Crippen molar-refractivity contribution < 1.29 is 4.42 Å². The minimum Gasteiger partial charge on any atom is -0.424 e. The fraction of sp³-hybridized carbons (Fsp3) is 0.192. The van der Waals surface area contributed by atoms with Gasteiger partial charge in [0.15, 0.2) is 5.58 Å². The molecule has 0 radical (unpaired) electrons. The highest BCUT2D eigenvalue weighted by Crippen LogP contribution is 2.29. The van der Waals surface area contributed by atoms with E-state index in [-0.39, 0.29) is 17.5 Å². The Kier molecular flexibility index (Phi) is 5.33. The molecule has 3 aromatic heterocycles. The summed E-state index contributed by atoms with van der Waals surface area (Å²) in [6.07, 6.45) is 3.74. The van der Waals surface area contributed by atoms with Crippen LogP contribution >= 0.6 is 0 Å². The zero-order valence-corrected chi connectivity index (χ0v) is 19.5. The van der Waals surface area contributed by atoms with Crippen molar-refractivity contribution in [3.8, 4) is 0 Å². The van der Waals surface area contributed by atoms with Gasteiger partial charge in [-0.2, -0.15) is 4.98 Å². The number of aromatic nitrogens is 4. The van der Waals surface area contributed by atoms with Gasteiger partial charge in [0.2, 0.25) is 0 Å². The zero-order valence-electron chi connectivity index (χ0n) is 19.5. The van der Waals surface area contributed by atoms with Gasteiger partial charge in [0, 0.05) is 24.0 Å². The van der Waals surface area contributed by atoms with Gasteiger partial charge in [-0.3, -0.25) is 5.41 Å². The summed E-state index contributed by atoms with van der Waals surface area (Å²) >= 11 is 0. The van der Waals surface area contributed by atoms with Gasteiger partial charge in [-0.15, -0.1) is 0 Å². The Morgan fingerprint density at radius 2 is 1.86 bits per heavy atom. The second kappa shape index (κ2) is 8.81. The first-order chi connectivity index (χ1) is 17.6. The Bertz CT molecular complexity index is 1600. The van der Waals surface area contributed by atoms with Gasteiger partial charge in [-0.1, -0.05) is 24.3 Å². The van der Waals surface area contributed by atoms with Crippen molar-refractivity contribution in [2.75, 3.05) is 34.8 Å². The number of anilines is 4. The summed E-state index contributed by atoms with van der Waals surface area (Å²) in [6.45, 7) is 2.44. The van der Waals surface area contributed by atoms with Crippen LogP contribution in [0.2, 0.25) is 0 Å². The van der Waals surface area contributed by atoms with E-state index in [2.05, 4.69) is 43.4 Å². The predicted molar refractivity (Wildman–Crippen MR) is 141 cm³/mol. The van der Waals surface area contributed by atoms with Gasteiger partial charge in [-0.05, 0) is 42.5 Å². The van der Waals surface area contributed by atoms with Crippen LogP contribution in [-0.4, -0.2) is 38.7 Å². The van der Waals surface area contributed by atoms with E-state index >= 15 is 0 Å². The zero-order chi connectivity index (χ0) is 24.6. The van der Waals surface area contributed by atoms with E-state index < -0.39 is 0 Å². The van der Waals surface area contributed by atoms with E-state index in [0.29, 0.717) is 34.6 Å². The summed E-state index contributed by atoms with van der Waals surface area (Å²) in [5.41, 5.74) is 15.1. The largest absolute Gasteiger partial charge is 0.424 e. The minimum atomic E-state index is 0.0785. The number of pyridine rings is 1. The monoisotopic (exact) mass is 479 g/mol. The van der Waals surface area contributed by atoms with E-state index in [9.17, 15) is 0 Å². The Morgan fingerprint density at radius 3 is 2.72 bits per heavy atom. The first-order valence-electron chi connectivity index (χ1n) is 11.8. The quantitative estimate of drug-likeness (QED) is 0.265. The summed E-state index contributed by atoms with van der Waals surface area (Å²) in [6, 6.07) is 15.7. The average Bonchev–Trinajstić information content (AvgIpc) is 3.55. The molecule has 6 rings (SSSR count). The number of rotatable bonds is 6. The van der Waals surface area contributed by atoms with E-state index in [1.165, 1.54) is 19.2 Å². The van der Waals surface area contributed by atoms with Crippen LogP contribution < -0.4 is 21.7 Å². The molecule has 5 aromatic rings.